The number of halogens is 1. The smallest absolute Gasteiger partial charge is 0.233 e. The monoisotopic (exact) mass is 297 g/mol. The van der Waals surface area contributed by atoms with Gasteiger partial charge in [-0.3, -0.25) is 4.79 Å². The quantitative estimate of drug-likeness (QED) is 0.782. The van der Waals surface area contributed by atoms with Crippen LogP contribution in [0.3, 0.4) is 0 Å². The molecule has 0 aliphatic carbocycles. The first-order valence-corrected chi connectivity index (χ1v) is 7.54. The minimum absolute atomic E-state index is 0.0568. The van der Waals surface area contributed by atoms with Gasteiger partial charge in [-0.05, 0) is 44.0 Å². The van der Waals surface area contributed by atoms with Gasteiger partial charge in [0.05, 0.1) is 6.54 Å². The molecule has 5 heteroatoms. The molecule has 1 heterocycles. The maximum Gasteiger partial charge on any atom is 0.233 e. The molecule has 0 spiro atoms. The molecular formula is C16H28FN3O. The molecule has 1 fully saturated rings. The highest BCUT2D eigenvalue weighted by Gasteiger charge is 2.13. The van der Waals surface area contributed by atoms with E-state index in [2.05, 4.69) is 10.6 Å². The molecule has 1 aromatic carbocycles. The number of piperidine rings is 1. The van der Waals surface area contributed by atoms with Crippen LogP contribution in [0.4, 0.5) is 4.39 Å². The average Bonchev–Trinajstić information content (AvgIpc) is 2.50. The summed E-state index contributed by atoms with van der Waals surface area (Å²) in [5.41, 5.74) is 6.12. The summed E-state index contributed by atoms with van der Waals surface area (Å²) in [4.78, 5) is 10.8. The van der Waals surface area contributed by atoms with E-state index in [0.29, 0.717) is 6.04 Å². The molecule has 1 saturated heterocycles. The van der Waals surface area contributed by atoms with Gasteiger partial charge in [0, 0.05) is 12.6 Å². The van der Waals surface area contributed by atoms with Crippen molar-refractivity contribution < 1.29 is 9.18 Å². The van der Waals surface area contributed by atoms with E-state index in [1.807, 2.05) is 26.8 Å². The molecule has 4 N–H and O–H groups in total. The van der Waals surface area contributed by atoms with Gasteiger partial charge in [-0.25, -0.2) is 4.39 Å². The maximum atomic E-state index is 12.2. The topological polar surface area (TPSA) is 67.2 Å². The van der Waals surface area contributed by atoms with Crippen LogP contribution in [0.1, 0.15) is 32.3 Å². The van der Waals surface area contributed by atoms with Crippen LogP contribution >= 0.6 is 0 Å². The Hall–Kier alpha value is -1.46. The number of carbonyl (C=O) groups excluding carboxylic acids is 1. The van der Waals surface area contributed by atoms with Gasteiger partial charge in [0.25, 0.3) is 0 Å². The second-order valence-corrected chi connectivity index (χ2v) is 4.61. The van der Waals surface area contributed by atoms with Crippen molar-refractivity contribution in [1.82, 2.24) is 10.6 Å². The van der Waals surface area contributed by atoms with Crippen LogP contribution in [0.5, 0.6) is 0 Å². The molecule has 0 bridgehead atoms. The first-order valence-electron chi connectivity index (χ1n) is 7.54. The molecule has 1 aromatic rings. The van der Waals surface area contributed by atoms with Gasteiger partial charge in [-0.2, -0.15) is 0 Å². The van der Waals surface area contributed by atoms with Crippen molar-refractivity contribution in [3.8, 4) is 0 Å². The van der Waals surface area contributed by atoms with Crippen LogP contribution in [0, 0.1) is 12.7 Å². The summed E-state index contributed by atoms with van der Waals surface area (Å²) in [7, 11) is 0. The molecule has 21 heavy (non-hydrogen) atoms. The summed E-state index contributed by atoms with van der Waals surface area (Å²) in [5, 5.41) is 6.05. The van der Waals surface area contributed by atoms with Crippen molar-refractivity contribution in [3.05, 3.63) is 35.6 Å². The first-order chi connectivity index (χ1) is 10.1. The highest BCUT2D eigenvalue weighted by Crippen LogP contribution is 2.00. The summed E-state index contributed by atoms with van der Waals surface area (Å²) in [6.45, 7) is 7.90. The van der Waals surface area contributed by atoms with Gasteiger partial charge >= 0.3 is 0 Å². The lowest BCUT2D eigenvalue weighted by molar-refractivity contribution is -0.120. The van der Waals surface area contributed by atoms with Gasteiger partial charge < -0.3 is 16.4 Å². The molecule has 0 radical (unpaired) electrons. The average molecular weight is 297 g/mol. The van der Waals surface area contributed by atoms with E-state index in [0.717, 1.165) is 31.5 Å². The second kappa shape index (κ2) is 12.3. The first kappa shape index (κ1) is 19.5. The number of amides is 1. The highest BCUT2D eigenvalue weighted by atomic mass is 19.1. The number of rotatable bonds is 2. The Morgan fingerprint density at radius 3 is 2.62 bits per heavy atom. The Morgan fingerprint density at radius 1 is 1.48 bits per heavy atom. The van der Waals surface area contributed by atoms with Crippen molar-refractivity contribution in [3.63, 3.8) is 0 Å². The zero-order valence-electron chi connectivity index (χ0n) is 13.3. The van der Waals surface area contributed by atoms with Gasteiger partial charge in [-0.15, -0.1) is 0 Å². The van der Waals surface area contributed by atoms with E-state index in [1.165, 1.54) is 12.1 Å². The Kier molecular flexibility index (Phi) is 11.4. The van der Waals surface area contributed by atoms with Crippen LogP contribution in [-0.2, 0) is 4.79 Å². The Balaban J connectivity index is 0.000000354. The summed E-state index contributed by atoms with van der Waals surface area (Å²) >= 11 is 0. The van der Waals surface area contributed by atoms with Crippen molar-refractivity contribution in [2.45, 2.75) is 39.7 Å². The van der Waals surface area contributed by atoms with E-state index in [9.17, 15) is 9.18 Å². The molecule has 4 nitrogen and oxygen atoms in total. The minimum Gasteiger partial charge on any atom is -0.351 e. The van der Waals surface area contributed by atoms with Crippen LogP contribution in [0.25, 0.3) is 0 Å². The predicted octanol–water partition coefficient (Wildman–Crippen LogP) is 1.97. The molecule has 120 valence electrons. The van der Waals surface area contributed by atoms with Gasteiger partial charge in [0.1, 0.15) is 5.82 Å². The van der Waals surface area contributed by atoms with E-state index >= 15 is 0 Å². The van der Waals surface area contributed by atoms with Crippen LogP contribution in [0.2, 0.25) is 0 Å². The van der Waals surface area contributed by atoms with Gasteiger partial charge in [0.15, 0.2) is 0 Å². The Morgan fingerprint density at radius 2 is 2.19 bits per heavy atom. The normalized spacial score (nSPS) is 16.7. The molecule has 2 rings (SSSR count). The number of aryl methyl sites for hydroxylation is 1. The zero-order chi connectivity index (χ0) is 16.1. The van der Waals surface area contributed by atoms with Crippen LogP contribution in [-0.4, -0.2) is 31.6 Å². The SMILES string of the molecule is CC.Cc1cccc(F)c1.NCC(=O)NC1CCCNC1. The van der Waals surface area contributed by atoms with E-state index in [4.69, 9.17) is 5.73 Å². The van der Waals surface area contributed by atoms with Gasteiger partial charge in [-0.1, -0.05) is 26.0 Å². The standard InChI is InChI=1S/C7H7F.C7H15N3O.C2H6/c1-6-3-2-4-7(8)5-6;8-4-7(11)10-6-2-1-3-9-5-6;1-2/h2-5H,1H3;6,9H,1-5,8H2,(H,10,11);1-2H3. The summed E-state index contributed by atoms with van der Waals surface area (Å²) in [6.07, 6.45) is 2.20. The highest BCUT2D eigenvalue weighted by molar-refractivity contribution is 5.78. The Labute approximate surface area is 127 Å². The number of benzene rings is 1. The van der Waals surface area contributed by atoms with Crippen molar-refractivity contribution >= 4 is 5.91 Å². The fourth-order valence-electron chi connectivity index (χ4n) is 1.87. The third-order valence-corrected chi connectivity index (χ3v) is 2.83. The lowest BCUT2D eigenvalue weighted by atomic mass is 10.1. The molecule has 1 amide bonds. The van der Waals surface area contributed by atoms with Crippen LogP contribution in [0.15, 0.2) is 24.3 Å². The van der Waals surface area contributed by atoms with Gasteiger partial charge in [0.2, 0.25) is 5.91 Å². The third kappa shape index (κ3) is 9.98. The third-order valence-electron chi connectivity index (χ3n) is 2.83. The second-order valence-electron chi connectivity index (χ2n) is 4.61. The number of hydrogen-bond acceptors (Lipinski definition) is 3. The number of hydrogen-bond donors (Lipinski definition) is 3. The van der Waals surface area contributed by atoms with Crippen molar-refractivity contribution in [1.29, 1.82) is 0 Å². The van der Waals surface area contributed by atoms with E-state index in [-0.39, 0.29) is 18.3 Å². The maximum absolute atomic E-state index is 12.2. The molecule has 1 aliphatic rings. The molecule has 1 atom stereocenters. The number of nitrogens with one attached hydrogen (secondary N) is 2. The predicted molar refractivity (Wildman–Crippen MR) is 85.6 cm³/mol. The van der Waals surface area contributed by atoms with E-state index in [1.54, 1.807) is 6.07 Å². The summed E-state index contributed by atoms with van der Waals surface area (Å²) < 4.78 is 12.2. The molecule has 1 unspecified atom stereocenters. The lowest BCUT2D eigenvalue weighted by Crippen LogP contribution is -2.47. The van der Waals surface area contributed by atoms with Crippen molar-refractivity contribution in [2.75, 3.05) is 19.6 Å². The molecule has 0 saturated carbocycles. The number of carbonyl (C=O) groups is 1. The summed E-state index contributed by atoms with van der Waals surface area (Å²) in [5.74, 6) is -0.219. The molecule has 0 aromatic heterocycles. The van der Waals surface area contributed by atoms with E-state index < -0.39 is 0 Å². The molecular weight excluding hydrogens is 269 g/mol. The number of nitrogens with two attached hydrogens (primary N) is 1. The van der Waals surface area contributed by atoms with Crippen LogP contribution < -0.4 is 16.4 Å². The fourth-order valence-corrected chi connectivity index (χ4v) is 1.87. The lowest BCUT2D eigenvalue weighted by Gasteiger charge is -2.23. The minimum atomic E-state index is -0.162. The fraction of sp³-hybridized carbons (Fsp3) is 0.562. The Bertz CT molecular complexity index is 376. The van der Waals surface area contributed by atoms with Crippen molar-refractivity contribution in [2.24, 2.45) is 5.73 Å². The zero-order valence-corrected chi connectivity index (χ0v) is 13.3. The molecule has 1 aliphatic heterocycles. The summed E-state index contributed by atoms with van der Waals surface area (Å²) in [6, 6.07) is 6.79. The largest absolute Gasteiger partial charge is 0.351 e.